The van der Waals surface area contributed by atoms with E-state index in [-0.39, 0.29) is 36.6 Å². The van der Waals surface area contributed by atoms with Crippen LogP contribution in [0.3, 0.4) is 0 Å². The summed E-state index contributed by atoms with van der Waals surface area (Å²) in [7, 11) is 0. The molecule has 32 heavy (non-hydrogen) atoms. The summed E-state index contributed by atoms with van der Waals surface area (Å²) >= 11 is 0. The molecule has 1 aliphatic rings. The van der Waals surface area contributed by atoms with Gasteiger partial charge in [0.2, 0.25) is 11.8 Å². The zero-order chi connectivity index (χ0) is 22.5. The minimum absolute atomic E-state index is 0.0187. The van der Waals surface area contributed by atoms with E-state index in [0.29, 0.717) is 43.1 Å². The molecular weight excluding hydrogens is 408 g/mol. The maximum Gasteiger partial charge on any atom is 0.251 e. The SMILES string of the molecule is Cc1cc(NC(=O)C2CCN(C(=O)CCNC(=O)c3ccc4ccccc4c3)CC2)no1. The first-order chi connectivity index (χ1) is 15.5. The zero-order valence-electron chi connectivity index (χ0n) is 18.0. The third-order valence-corrected chi connectivity index (χ3v) is 5.73. The summed E-state index contributed by atoms with van der Waals surface area (Å²) in [4.78, 5) is 39.1. The number of piperidine rings is 1. The van der Waals surface area contributed by atoms with Crippen LogP contribution in [0.2, 0.25) is 0 Å². The second kappa shape index (κ2) is 9.64. The van der Waals surface area contributed by atoms with Crippen molar-refractivity contribution < 1.29 is 18.9 Å². The van der Waals surface area contributed by atoms with E-state index in [2.05, 4.69) is 15.8 Å². The van der Waals surface area contributed by atoms with Crippen molar-refractivity contribution in [1.82, 2.24) is 15.4 Å². The number of fused-ring (bicyclic) bond motifs is 1. The van der Waals surface area contributed by atoms with Crippen LogP contribution in [0.5, 0.6) is 0 Å². The number of amides is 3. The van der Waals surface area contributed by atoms with E-state index in [1.165, 1.54) is 0 Å². The second-order valence-electron chi connectivity index (χ2n) is 8.03. The number of aryl methyl sites for hydroxylation is 1. The lowest BCUT2D eigenvalue weighted by Gasteiger charge is -2.31. The molecule has 1 aromatic heterocycles. The van der Waals surface area contributed by atoms with E-state index in [1.54, 1.807) is 24.0 Å². The van der Waals surface area contributed by atoms with Gasteiger partial charge in [0.25, 0.3) is 5.91 Å². The molecule has 4 rings (SSSR count). The van der Waals surface area contributed by atoms with Gasteiger partial charge in [-0.25, -0.2) is 0 Å². The Hall–Kier alpha value is -3.68. The fourth-order valence-electron chi connectivity index (χ4n) is 3.92. The van der Waals surface area contributed by atoms with Crippen LogP contribution in [0, 0.1) is 12.8 Å². The Morgan fingerprint density at radius 1 is 1.06 bits per heavy atom. The quantitative estimate of drug-likeness (QED) is 0.620. The van der Waals surface area contributed by atoms with E-state index in [4.69, 9.17) is 4.52 Å². The number of nitrogens with one attached hydrogen (secondary N) is 2. The molecule has 0 bridgehead atoms. The van der Waals surface area contributed by atoms with Crippen LogP contribution < -0.4 is 10.6 Å². The van der Waals surface area contributed by atoms with Crippen molar-refractivity contribution in [3.8, 4) is 0 Å². The molecule has 3 aromatic rings. The van der Waals surface area contributed by atoms with Gasteiger partial charge >= 0.3 is 0 Å². The molecule has 1 saturated heterocycles. The average Bonchev–Trinajstić information content (AvgIpc) is 3.23. The van der Waals surface area contributed by atoms with Crippen molar-refractivity contribution in [3.05, 3.63) is 59.9 Å². The van der Waals surface area contributed by atoms with Crippen LogP contribution >= 0.6 is 0 Å². The van der Waals surface area contributed by atoms with Gasteiger partial charge in [-0.05, 0) is 42.7 Å². The molecule has 2 heterocycles. The Kier molecular flexibility index (Phi) is 6.49. The van der Waals surface area contributed by atoms with Gasteiger partial charge in [-0.1, -0.05) is 35.5 Å². The van der Waals surface area contributed by atoms with Crippen LogP contribution in [0.4, 0.5) is 5.82 Å². The summed E-state index contributed by atoms with van der Waals surface area (Å²) in [5, 5.41) is 11.4. The average molecular weight is 434 g/mol. The number of benzene rings is 2. The topological polar surface area (TPSA) is 105 Å². The van der Waals surface area contributed by atoms with E-state index < -0.39 is 0 Å². The Morgan fingerprint density at radius 3 is 2.53 bits per heavy atom. The monoisotopic (exact) mass is 434 g/mol. The largest absolute Gasteiger partial charge is 0.360 e. The summed E-state index contributed by atoms with van der Waals surface area (Å²) in [6.07, 6.45) is 1.42. The van der Waals surface area contributed by atoms with Gasteiger partial charge in [-0.3, -0.25) is 14.4 Å². The van der Waals surface area contributed by atoms with Crippen LogP contribution in [0.15, 0.2) is 53.1 Å². The molecule has 1 aliphatic heterocycles. The normalized spacial score (nSPS) is 14.3. The van der Waals surface area contributed by atoms with Gasteiger partial charge in [-0.15, -0.1) is 0 Å². The van der Waals surface area contributed by atoms with Gasteiger partial charge in [0.15, 0.2) is 5.82 Å². The highest BCUT2D eigenvalue weighted by Gasteiger charge is 2.27. The third-order valence-electron chi connectivity index (χ3n) is 5.73. The lowest BCUT2D eigenvalue weighted by atomic mass is 9.95. The first kappa shape index (κ1) is 21.5. The summed E-state index contributed by atoms with van der Waals surface area (Å²) < 4.78 is 4.96. The number of likely N-dealkylation sites (tertiary alicyclic amines) is 1. The molecule has 0 saturated carbocycles. The van der Waals surface area contributed by atoms with Gasteiger partial charge in [0.1, 0.15) is 5.76 Å². The minimum atomic E-state index is -0.193. The molecule has 0 unspecified atom stereocenters. The molecule has 2 N–H and O–H groups in total. The number of rotatable bonds is 6. The summed E-state index contributed by atoms with van der Waals surface area (Å²) in [6, 6.07) is 15.1. The minimum Gasteiger partial charge on any atom is -0.360 e. The van der Waals surface area contributed by atoms with Crippen LogP contribution in [-0.4, -0.2) is 47.4 Å². The number of anilines is 1. The Bertz CT molecular complexity index is 1130. The second-order valence-corrected chi connectivity index (χ2v) is 8.03. The van der Waals surface area contributed by atoms with Crippen LogP contribution in [-0.2, 0) is 9.59 Å². The molecule has 1 fully saturated rings. The first-order valence-electron chi connectivity index (χ1n) is 10.8. The van der Waals surface area contributed by atoms with E-state index >= 15 is 0 Å². The molecule has 166 valence electrons. The van der Waals surface area contributed by atoms with Crippen molar-refractivity contribution in [2.24, 2.45) is 5.92 Å². The van der Waals surface area contributed by atoms with Gasteiger partial charge < -0.3 is 20.1 Å². The highest BCUT2D eigenvalue weighted by Crippen LogP contribution is 2.20. The van der Waals surface area contributed by atoms with Crippen LogP contribution in [0.1, 0.15) is 35.4 Å². The zero-order valence-corrected chi connectivity index (χ0v) is 18.0. The Balaban J connectivity index is 1.20. The standard InChI is InChI=1S/C24H26N4O4/c1-16-14-21(27-32-16)26-24(31)18-9-12-28(13-10-18)22(29)8-11-25-23(30)20-7-6-17-4-2-3-5-19(17)15-20/h2-7,14-15,18H,8-13H2,1H3,(H,25,30)(H,26,27,31). The fraction of sp³-hybridized carbons (Fsp3) is 0.333. The Morgan fingerprint density at radius 2 is 1.81 bits per heavy atom. The molecule has 3 amide bonds. The third kappa shape index (κ3) is 5.14. The van der Waals surface area contributed by atoms with Crippen molar-refractivity contribution in [1.29, 1.82) is 0 Å². The number of carbonyl (C=O) groups excluding carboxylic acids is 3. The molecule has 0 radical (unpaired) electrons. The molecule has 8 nitrogen and oxygen atoms in total. The molecule has 2 aromatic carbocycles. The molecule has 0 atom stereocenters. The summed E-state index contributed by atoms with van der Waals surface area (Å²) in [6.45, 7) is 3.08. The number of hydrogen-bond acceptors (Lipinski definition) is 5. The maximum atomic E-state index is 12.5. The highest BCUT2D eigenvalue weighted by molar-refractivity contribution is 5.98. The van der Waals surface area contributed by atoms with Crippen molar-refractivity contribution in [2.75, 3.05) is 25.0 Å². The lowest BCUT2D eigenvalue weighted by Crippen LogP contribution is -2.42. The van der Waals surface area contributed by atoms with E-state index in [0.717, 1.165) is 10.8 Å². The van der Waals surface area contributed by atoms with Crippen molar-refractivity contribution in [3.63, 3.8) is 0 Å². The van der Waals surface area contributed by atoms with Gasteiger partial charge in [0.05, 0.1) is 0 Å². The highest BCUT2D eigenvalue weighted by atomic mass is 16.5. The first-order valence-corrected chi connectivity index (χ1v) is 10.8. The number of nitrogens with zero attached hydrogens (tertiary/aromatic N) is 2. The Labute approximate surface area is 185 Å². The summed E-state index contributed by atoms with van der Waals surface area (Å²) in [5.41, 5.74) is 0.574. The smallest absolute Gasteiger partial charge is 0.251 e. The van der Waals surface area contributed by atoms with Crippen molar-refractivity contribution >= 4 is 34.3 Å². The van der Waals surface area contributed by atoms with E-state index in [9.17, 15) is 14.4 Å². The summed E-state index contributed by atoms with van der Waals surface area (Å²) in [5.74, 6) is 0.565. The predicted octanol–water partition coefficient (Wildman–Crippen LogP) is 3.13. The van der Waals surface area contributed by atoms with Gasteiger partial charge in [0, 0.05) is 43.6 Å². The lowest BCUT2D eigenvalue weighted by molar-refractivity contribution is -0.134. The molecule has 8 heteroatoms. The van der Waals surface area contributed by atoms with Crippen molar-refractivity contribution in [2.45, 2.75) is 26.2 Å². The number of carbonyl (C=O) groups is 3. The number of hydrogen-bond donors (Lipinski definition) is 2. The van der Waals surface area contributed by atoms with E-state index in [1.807, 2.05) is 36.4 Å². The molecule has 0 aliphatic carbocycles. The number of aromatic nitrogens is 1. The molecular formula is C24H26N4O4. The van der Waals surface area contributed by atoms with Crippen LogP contribution in [0.25, 0.3) is 10.8 Å². The van der Waals surface area contributed by atoms with Gasteiger partial charge in [-0.2, -0.15) is 0 Å². The fourth-order valence-corrected chi connectivity index (χ4v) is 3.92. The maximum absolute atomic E-state index is 12.5. The predicted molar refractivity (Wildman–Crippen MR) is 120 cm³/mol. The molecule has 0 spiro atoms.